The largest absolute Gasteiger partial charge is 0.474 e. The highest BCUT2D eigenvalue weighted by Crippen LogP contribution is 2.58. The first-order chi connectivity index (χ1) is 13.3. The number of primary amides is 1. The van der Waals surface area contributed by atoms with Crippen LogP contribution >= 0.6 is 0 Å². The van der Waals surface area contributed by atoms with Crippen LogP contribution in [0.1, 0.15) is 56.3 Å². The van der Waals surface area contributed by atoms with Gasteiger partial charge in [-0.3, -0.25) is 14.5 Å². The summed E-state index contributed by atoms with van der Waals surface area (Å²) in [4.78, 5) is 41.8. The fraction of sp³-hybridized carbons (Fsp3) is 0.600. The Kier molecular flexibility index (Phi) is 4.51. The molecule has 8 heteroatoms. The van der Waals surface area contributed by atoms with Gasteiger partial charge in [0.1, 0.15) is 17.7 Å². The molecule has 0 radical (unpaired) electrons. The minimum atomic E-state index is -0.560. The van der Waals surface area contributed by atoms with Crippen LogP contribution in [0, 0.1) is 11.3 Å². The van der Waals surface area contributed by atoms with E-state index in [0.29, 0.717) is 12.3 Å². The molecule has 1 aromatic rings. The summed E-state index contributed by atoms with van der Waals surface area (Å²) >= 11 is 0. The van der Waals surface area contributed by atoms with E-state index in [-0.39, 0.29) is 40.9 Å². The number of nitrogens with two attached hydrogens (primary N) is 1. The highest BCUT2D eigenvalue weighted by atomic mass is 16.5. The monoisotopic (exact) mass is 386 g/mol. The molecule has 1 atom stereocenters. The van der Waals surface area contributed by atoms with Crippen LogP contribution in [-0.4, -0.2) is 45.9 Å². The summed E-state index contributed by atoms with van der Waals surface area (Å²) < 4.78 is 5.87. The normalized spacial score (nSPS) is 31.5. The fourth-order valence-electron chi connectivity index (χ4n) is 4.80. The molecule has 2 heterocycles. The highest BCUT2D eigenvalue weighted by molar-refractivity contribution is 6.04. The quantitative estimate of drug-likeness (QED) is 0.724. The van der Waals surface area contributed by atoms with Crippen molar-refractivity contribution in [2.75, 3.05) is 0 Å². The van der Waals surface area contributed by atoms with E-state index in [1.165, 1.54) is 4.90 Å². The number of carbonyl (C=O) groups excluding carboxylic acids is 3. The zero-order chi connectivity index (χ0) is 20.1. The molecule has 0 unspecified atom stereocenters. The second-order valence-corrected chi connectivity index (χ2v) is 8.77. The van der Waals surface area contributed by atoms with Gasteiger partial charge in [0.2, 0.25) is 5.88 Å². The molecule has 28 heavy (non-hydrogen) atoms. The van der Waals surface area contributed by atoms with E-state index in [4.69, 9.17) is 10.5 Å². The van der Waals surface area contributed by atoms with E-state index in [1.807, 2.05) is 13.8 Å². The number of nitrogens with one attached hydrogen (secondary N) is 1. The summed E-state index contributed by atoms with van der Waals surface area (Å²) in [6.07, 6.45) is 5.50. The van der Waals surface area contributed by atoms with Gasteiger partial charge in [-0.05, 0) is 55.6 Å². The maximum Gasteiger partial charge on any atom is 0.325 e. The molecule has 3 N–H and O–H groups in total. The fourth-order valence-corrected chi connectivity index (χ4v) is 4.80. The van der Waals surface area contributed by atoms with E-state index in [1.54, 1.807) is 18.3 Å². The summed E-state index contributed by atoms with van der Waals surface area (Å²) in [5.41, 5.74) is 5.76. The standard InChI is InChI=1S/C20H26N4O4/c1-11(2)6-15-18(26)24(19(27)23-15)12-7-20(8-12)9-13(10-20)28-17-14(16(21)25)4-3-5-22-17/h3-5,11-13,15H,6-10H2,1-2H3,(H2,21,25)(H,23,27)/t12?,13?,15-,20?/m1/s1. The molecule has 1 aliphatic heterocycles. The van der Waals surface area contributed by atoms with Gasteiger partial charge in [0.15, 0.2) is 0 Å². The average molecular weight is 386 g/mol. The molecule has 0 aromatic carbocycles. The summed E-state index contributed by atoms with van der Waals surface area (Å²) in [6, 6.07) is 2.57. The maximum atomic E-state index is 12.6. The number of nitrogens with zero attached hydrogens (tertiary/aromatic N) is 2. The second-order valence-electron chi connectivity index (χ2n) is 8.77. The van der Waals surface area contributed by atoms with Gasteiger partial charge in [-0.15, -0.1) is 0 Å². The number of imide groups is 1. The van der Waals surface area contributed by atoms with E-state index >= 15 is 0 Å². The Hall–Kier alpha value is -2.64. The van der Waals surface area contributed by atoms with Crippen molar-refractivity contribution in [2.45, 2.75) is 64.1 Å². The van der Waals surface area contributed by atoms with Crippen LogP contribution in [0.4, 0.5) is 4.79 Å². The zero-order valence-electron chi connectivity index (χ0n) is 16.2. The molecule has 1 saturated heterocycles. The van der Waals surface area contributed by atoms with Crippen molar-refractivity contribution in [3.63, 3.8) is 0 Å². The first kappa shape index (κ1) is 18.7. The van der Waals surface area contributed by atoms with E-state index in [0.717, 1.165) is 25.7 Å². The van der Waals surface area contributed by atoms with Crippen LogP contribution in [0.25, 0.3) is 0 Å². The molecule has 2 aliphatic carbocycles. The Labute approximate surface area is 163 Å². The third kappa shape index (κ3) is 3.21. The molecule has 150 valence electrons. The molecular weight excluding hydrogens is 360 g/mol. The lowest BCUT2D eigenvalue weighted by Gasteiger charge is -2.58. The van der Waals surface area contributed by atoms with E-state index in [2.05, 4.69) is 10.3 Å². The van der Waals surface area contributed by atoms with Crippen molar-refractivity contribution >= 4 is 17.8 Å². The van der Waals surface area contributed by atoms with Crippen LogP contribution in [0.5, 0.6) is 5.88 Å². The molecule has 4 amide bonds. The number of ether oxygens (including phenoxy) is 1. The average Bonchev–Trinajstić information content (AvgIpc) is 2.82. The highest BCUT2D eigenvalue weighted by Gasteiger charge is 2.58. The topological polar surface area (TPSA) is 115 Å². The van der Waals surface area contributed by atoms with Crippen molar-refractivity contribution in [3.8, 4) is 5.88 Å². The molecule has 2 saturated carbocycles. The second kappa shape index (κ2) is 6.76. The van der Waals surface area contributed by atoms with E-state index in [9.17, 15) is 14.4 Å². The Morgan fingerprint density at radius 1 is 1.36 bits per heavy atom. The Bertz CT molecular complexity index is 810. The van der Waals surface area contributed by atoms with Gasteiger partial charge in [-0.25, -0.2) is 9.78 Å². The molecule has 3 fully saturated rings. The number of urea groups is 1. The van der Waals surface area contributed by atoms with Gasteiger partial charge in [0.05, 0.1) is 0 Å². The first-order valence-electron chi connectivity index (χ1n) is 9.83. The molecule has 4 rings (SSSR count). The first-order valence-corrected chi connectivity index (χ1v) is 9.83. The molecule has 1 spiro atoms. The SMILES string of the molecule is CC(C)C[C@H]1NC(=O)N(C2CC3(CC(Oc4ncccc4C(N)=O)C3)C2)C1=O. The van der Waals surface area contributed by atoms with Gasteiger partial charge in [-0.2, -0.15) is 0 Å². The molecule has 0 bridgehead atoms. The van der Waals surface area contributed by atoms with Crippen molar-refractivity contribution in [3.05, 3.63) is 23.9 Å². The number of carbonyl (C=O) groups is 3. The third-order valence-corrected chi connectivity index (χ3v) is 6.10. The van der Waals surface area contributed by atoms with Gasteiger partial charge in [-0.1, -0.05) is 13.8 Å². The Morgan fingerprint density at radius 2 is 2.07 bits per heavy atom. The van der Waals surface area contributed by atoms with Crippen LogP contribution in [0.15, 0.2) is 18.3 Å². The number of pyridine rings is 1. The smallest absolute Gasteiger partial charge is 0.325 e. The third-order valence-electron chi connectivity index (χ3n) is 6.10. The minimum Gasteiger partial charge on any atom is -0.474 e. The minimum absolute atomic E-state index is 0.0225. The predicted molar refractivity (Wildman–Crippen MR) is 100 cm³/mol. The number of aromatic nitrogens is 1. The lowest BCUT2D eigenvalue weighted by Crippen LogP contribution is -2.60. The van der Waals surface area contributed by atoms with Crippen LogP contribution in [0.3, 0.4) is 0 Å². The Balaban J connectivity index is 1.31. The van der Waals surface area contributed by atoms with Crippen LogP contribution in [0.2, 0.25) is 0 Å². The van der Waals surface area contributed by atoms with E-state index < -0.39 is 11.9 Å². The summed E-state index contributed by atoms with van der Waals surface area (Å²) in [6.45, 7) is 4.08. The molecular formula is C20H26N4O4. The molecule has 1 aromatic heterocycles. The number of rotatable bonds is 6. The number of amides is 4. The number of hydrogen-bond acceptors (Lipinski definition) is 5. The van der Waals surface area contributed by atoms with Crippen LogP contribution in [-0.2, 0) is 4.79 Å². The summed E-state index contributed by atoms with van der Waals surface area (Å²) in [5.74, 6) is -0.0275. The van der Waals surface area contributed by atoms with Gasteiger partial charge < -0.3 is 15.8 Å². The van der Waals surface area contributed by atoms with Crippen molar-refractivity contribution in [2.24, 2.45) is 17.1 Å². The van der Waals surface area contributed by atoms with Gasteiger partial charge >= 0.3 is 6.03 Å². The van der Waals surface area contributed by atoms with Crippen molar-refractivity contribution in [1.82, 2.24) is 15.2 Å². The van der Waals surface area contributed by atoms with Crippen molar-refractivity contribution in [1.29, 1.82) is 0 Å². The summed E-state index contributed by atoms with van der Waals surface area (Å²) in [7, 11) is 0. The zero-order valence-corrected chi connectivity index (χ0v) is 16.2. The van der Waals surface area contributed by atoms with Crippen LogP contribution < -0.4 is 15.8 Å². The lowest BCUT2D eigenvalue weighted by molar-refractivity contribution is -0.141. The Morgan fingerprint density at radius 3 is 2.71 bits per heavy atom. The summed E-state index contributed by atoms with van der Waals surface area (Å²) in [5, 5.41) is 2.82. The van der Waals surface area contributed by atoms with Gasteiger partial charge in [0, 0.05) is 12.2 Å². The maximum absolute atomic E-state index is 12.6. The number of hydrogen-bond donors (Lipinski definition) is 2. The predicted octanol–water partition coefficient (Wildman–Crippen LogP) is 1.84. The molecule has 8 nitrogen and oxygen atoms in total. The lowest BCUT2D eigenvalue weighted by atomic mass is 9.52. The van der Waals surface area contributed by atoms with Gasteiger partial charge in [0.25, 0.3) is 11.8 Å². The van der Waals surface area contributed by atoms with Crippen molar-refractivity contribution < 1.29 is 19.1 Å². The molecule has 3 aliphatic rings.